The van der Waals surface area contributed by atoms with E-state index in [9.17, 15) is 13.4 Å². The molecular formula is C12H17FO3S. The maximum Gasteiger partial charge on any atom is 0.307 e. The number of aliphatic carboxylic acids is 1. The van der Waals surface area contributed by atoms with Gasteiger partial charge < -0.3 is 5.11 Å². The molecule has 0 aromatic heterocycles. The van der Waals surface area contributed by atoms with Crippen molar-refractivity contribution < 1.29 is 18.5 Å². The van der Waals surface area contributed by atoms with Crippen molar-refractivity contribution in [1.82, 2.24) is 0 Å². The van der Waals surface area contributed by atoms with Gasteiger partial charge in [-0.05, 0) is 17.7 Å². The summed E-state index contributed by atoms with van der Waals surface area (Å²) in [6.07, 6.45) is -0.356. The molecule has 1 aromatic rings. The fourth-order valence-electron chi connectivity index (χ4n) is 1.14. The monoisotopic (exact) mass is 260 g/mol. The quantitative estimate of drug-likeness (QED) is 0.905. The summed E-state index contributed by atoms with van der Waals surface area (Å²) < 4.78 is 24.6. The van der Waals surface area contributed by atoms with Crippen LogP contribution in [0.3, 0.4) is 0 Å². The van der Waals surface area contributed by atoms with E-state index in [4.69, 9.17) is 5.11 Å². The molecule has 1 unspecified atom stereocenters. The molecule has 96 valence electrons. The fraction of sp³-hybridized carbons (Fsp3) is 0.417. The molecule has 0 heterocycles. The van der Waals surface area contributed by atoms with Gasteiger partial charge in [-0.3, -0.25) is 9.00 Å². The highest BCUT2D eigenvalue weighted by Crippen LogP contribution is 2.14. The second-order valence-corrected chi connectivity index (χ2v) is 4.70. The Morgan fingerprint density at radius 3 is 2.41 bits per heavy atom. The Labute approximate surface area is 103 Å². The zero-order valence-corrected chi connectivity index (χ0v) is 11.0. The van der Waals surface area contributed by atoms with Gasteiger partial charge in [0, 0.05) is 10.6 Å². The summed E-state index contributed by atoms with van der Waals surface area (Å²) in [5.41, 5.74) is 0.111. The van der Waals surface area contributed by atoms with Gasteiger partial charge in [0.25, 0.3) is 0 Å². The van der Waals surface area contributed by atoms with Gasteiger partial charge in [-0.1, -0.05) is 26.8 Å². The Morgan fingerprint density at radius 1 is 1.41 bits per heavy atom. The largest absolute Gasteiger partial charge is 0.481 e. The number of halogens is 1. The molecule has 0 amide bonds. The maximum atomic E-state index is 13.3. The van der Waals surface area contributed by atoms with Gasteiger partial charge in [-0.2, -0.15) is 0 Å². The Bertz CT molecular complexity index is 405. The van der Waals surface area contributed by atoms with Crippen LogP contribution in [-0.4, -0.2) is 21.0 Å². The van der Waals surface area contributed by atoms with Gasteiger partial charge >= 0.3 is 5.97 Å². The lowest BCUT2D eigenvalue weighted by molar-refractivity contribution is -0.136. The average molecular weight is 260 g/mol. The van der Waals surface area contributed by atoms with E-state index in [0.29, 0.717) is 10.6 Å². The first-order valence-electron chi connectivity index (χ1n) is 5.43. The topological polar surface area (TPSA) is 54.4 Å². The van der Waals surface area contributed by atoms with E-state index in [-0.39, 0.29) is 12.0 Å². The van der Waals surface area contributed by atoms with Crippen LogP contribution >= 0.6 is 0 Å². The molecule has 0 fully saturated rings. The molecule has 1 aromatic carbocycles. The molecule has 0 aliphatic carbocycles. The first kappa shape index (κ1) is 15.8. The fourth-order valence-corrected chi connectivity index (χ4v) is 1.93. The summed E-state index contributed by atoms with van der Waals surface area (Å²) in [4.78, 5) is 10.8. The zero-order chi connectivity index (χ0) is 13.4. The summed E-state index contributed by atoms with van der Waals surface area (Å²) in [6, 6.07) is 4.01. The predicted octanol–water partition coefficient (Wildman–Crippen LogP) is 2.61. The van der Waals surface area contributed by atoms with E-state index in [1.54, 1.807) is 6.92 Å². The molecule has 0 radical (unpaired) electrons. The minimum atomic E-state index is -1.21. The van der Waals surface area contributed by atoms with Crippen LogP contribution in [0.25, 0.3) is 0 Å². The lowest BCUT2D eigenvalue weighted by Crippen LogP contribution is -2.03. The molecule has 1 rings (SSSR count). The summed E-state index contributed by atoms with van der Waals surface area (Å²) in [5, 5.41) is 8.49. The van der Waals surface area contributed by atoms with Crippen molar-refractivity contribution in [3.05, 3.63) is 29.6 Å². The first-order valence-corrected chi connectivity index (χ1v) is 6.75. The lowest BCUT2D eigenvalue weighted by atomic mass is 10.1. The predicted molar refractivity (Wildman–Crippen MR) is 66.0 cm³/mol. The highest BCUT2D eigenvalue weighted by Gasteiger charge is 2.09. The minimum absolute atomic E-state index is 0.111. The molecule has 0 bridgehead atoms. The van der Waals surface area contributed by atoms with Crippen LogP contribution in [0.4, 0.5) is 4.39 Å². The standard InChI is InChI=1S/C10H11FO3S.C2H6/c1-2-15(14)8-4-3-7(5-10(12)13)9(11)6-8;1-2/h3-4,6H,2,5H2,1H3,(H,12,13);1-2H3. The van der Waals surface area contributed by atoms with Crippen LogP contribution in [0.5, 0.6) is 0 Å². The van der Waals surface area contributed by atoms with Crippen molar-refractivity contribution in [3.63, 3.8) is 0 Å². The summed E-state index contributed by atoms with van der Waals surface area (Å²) in [7, 11) is -1.21. The maximum absolute atomic E-state index is 13.3. The third-order valence-electron chi connectivity index (χ3n) is 1.89. The molecule has 5 heteroatoms. The van der Waals surface area contributed by atoms with Crippen molar-refractivity contribution in [2.75, 3.05) is 5.75 Å². The molecule has 0 aliphatic heterocycles. The third kappa shape index (κ3) is 5.08. The van der Waals surface area contributed by atoms with Crippen LogP contribution in [0.2, 0.25) is 0 Å². The highest BCUT2D eigenvalue weighted by molar-refractivity contribution is 7.85. The molecule has 0 aliphatic rings. The van der Waals surface area contributed by atoms with Crippen LogP contribution in [-0.2, 0) is 22.0 Å². The molecular weight excluding hydrogens is 243 g/mol. The first-order chi connectivity index (χ1) is 8.04. The Hall–Kier alpha value is -1.23. The molecule has 1 atom stereocenters. The Kier molecular flexibility index (Phi) is 7.37. The van der Waals surface area contributed by atoms with E-state index in [1.807, 2.05) is 13.8 Å². The minimum Gasteiger partial charge on any atom is -0.481 e. The number of carboxylic acid groups (broad SMARTS) is 1. The molecule has 0 saturated heterocycles. The summed E-state index contributed by atoms with van der Waals surface area (Å²) >= 11 is 0. The van der Waals surface area contributed by atoms with E-state index in [2.05, 4.69) is 0 Å². The van der Waals surface area contributed by atoms with Crippen molar-refractivity contribution >= 4 is 16.8 Å². The SMILES string of the molecule is CC.CCS(=O)c1ccc(CC(=O)O)c(F)c1. The van der Waals surface area contributed by atoms with Crippen molar-refractivity contribution in [2.45, 2.75) is 32.1 Å². The van der Waals surface area contributed by atoms with E-state index < -0.39 is 22.6 Å². The van der Waals surface area contributed by atoms with E-state index in [1.165, 1.54) is 12.1 Å². The number of hydrogen-bond acceptors (Lipinski definition) is 2. The average Bonchev–Trinajstić information content (AvgIpc) is 2.33. The van der Waals surface area contributed by atoms with Gasteiger partial charge in [0.05, 0.1) is 17.2 Å². The normalized spacial score (nSPS) is 11.3. The number of carbonyl (C=O) groups is 1. The van der Waals surface area contributed by atoms with Crippen LogP contribution in [0.1, 0.15) is 26.3 Å². The second-order valence-electron chi connectivity index (χ2n) is 2.96. The smallest absolute Gasteiger partial charge is 0.307 e. The third-order valence-corrected chi connectivity index (χ3v) is 3.20. The Balaban J connectivity index is 0.00000121. The number of benzene rings is 1. The van der Waals surface area contributed by atoms with Crippen molar-refractivity contribution in [3.8, 4) is 0 Å². The second kappa shape index (κ2) is 7.95. The number of rotatable bonds is 4. The zero-order valence-electron chi connectivity index (χ0n) is 10.2. The molecule has 17 heavy (non-hydrogen) atoms. The van der Waals surface area contributed by atoms with Crippen LogP contribution < -0.4 is 0 Å². The lowest BCUT2D eigenvalue weighted by Gasteiger charge is -2.03. The van der Waals surface area contributed by atoms with Gasteiger partial charge in [-0.15, -0.1) is 0 Å². The van der Waals surface area contributed by atoms with E-state index in [0.717, 1.165) is 6.07 Å². The summed E-state index contributed by atoms with van der Waals surface area (Å²) in [5.74, 6) is -1.28. The van der Waals surface area contributed by atoms with Gasteiger partial charge in [0.1, 0.15) is 5.82 Å². The molecule has 0 spiro atoms. The number of carboxylic acids is 1. The van der Waals surface area contributed by atoms with Crippen LogP contribution in [0, 0.1) is 5.82 Å². The molecule has 1 N–H and O–H groups in total. The van der Waals surface area contributed by atoms with Crippen LogP contribution in [0.15, 0.2) is 23.1 Å². The molecule has 0 saturated carbocycles. The van der Waals surface area contributed by atoms with E-state index >= 15 is 0 Å². The molecule has 3 nitrogen and oxygen atoms in total. The van der Waals surface area contributed by atoms with Gasteiger partial charge in [0.2, 0.25) is 0 Å². The van der Waals surface area contributed by atoms with Gasteiger partial charge in [-0.25, -0.2) is 4.39 Å². The number of hydrogen-bond donors (Lipinski definition) is 1. The summed E-state index contributed by atoms with van der Waals surface area (Å²) in [6.45, 7) is 5.74. The highest BCUT2D eigenvalue weighted by atomic mass is 32.2. The van der Waals surface area contributed by atoms with Gasteiger partial charge in [0.15, 0.2) is 0 Å². The Morgan fingerprint density at radius 2 is 2.00 bits per heavy atom. The van der Waals surface area contributed by atoms with Crippen molar-refractivity contribution in [2.24, 2.45) is 0 Å². The van der Waals surface area contributed by atoms with Crippen molar-refractivity contribution in [1.29, 1.82) is 0 Å².